The van der Waals surface area contributed by atoms with Crippen LogP contribution in [-0.2, 0) is 6.18 Å². The predicted molar refractivity (Wildman–Crippen MR) is 103 cm³/mol. The van der Waals surface area contributed by atoms with Gasteiger partial charge in [0.25, 0.3) is 0 Å². The van der Waals surface area contributed by atoms with Crippen LogP contribution in [0, 0.1) is 0 Å². The first kappa shape index (κ1) is 20.3. The van der Waals surface area contributed by atoms with Gasteiger partial charge in [0.2, 0.25) is 0 Å². The van der Waals surface area contributed by atoms with Gasteiger partial charge in [0.05, 0.1) is 17.4 Å². The lowest BCUT2D eigenvalue weighted by molar-refractivity contribution is -0.137. The number of hydrogen-bond donors (Lipinski definition) is 1. The average molecular weight is 394 g/mol. The molecule has 2 aromatic rings. The standard InChI is InChI=1S/C19H25F3N6/c1-26(2)12-17(14-3-5-15(6-4-14)19(20,21)22)28-9-7-27(8-10-28)16-11-24-13-25-18(16)23/h3-6,11,13,17H,7-10,12H2,1-2H3,(H2,23,24,25). The van der Waals surface area contributed by atoms with E-state index in [2.05, 4.69) is 24.7 Å². The topological polar surface area (TPSA) is 61.5 Å². The SMILES string of the molecule is CN(C)CC(c1ccc(C(F)(F)F)cc1)N1CCN(c2cncnc2N)CC1. The molecule has 3 rings (SSSR count). The van der Waals surface area contributed by atoms with Crippen LogP contribution in [0.15, 0.2) is 36.8 Å². The molecule has 152 valence electrons. The van der Waals surface area contributed by atoms with Gasteiger partial charge >= 0.3 is 6.18 Å². The lowest BCUT2D eigenvalue weighted by Crippen LogP contribution is -2.49. The number of nitrogen functional groups attached to an aromatic ring is 1. The van der Waals surface area contributed by atoms with E-state index in [-0.39, 0.29) is 6.04 Å². The Hall–Kier alpha value is -2.39. The Kier molecular flexibility index (Phi) is 6.04. The Bertz CT molecular complexity index is 770. The van der Waals surface area contributed by atoms with Gasteiger partial charge in [-0.15, -0.1) is 0 Å². The van der Waals surface area contributed by atoms with Gasteiger partial charge in [0, 0.05) is 38.8 Å². The maximum atomic E-state index is 12.9. The van der Waals surface area contributed by atoms with Gasteiger partial charge in [-0.2, -0.15) is 13.2 Å². The zero-order valence-corrected chi connectivity index (χ0v) is 16.0. The Morgan fingerprint density at radius 1 is 1.11 bits per heavy atom. The summed E-state index contributed by atoms with van der Waals surface area (Å²) in [6.07, 6.45) is -1.18. The number of piperazine rings is 1. The molecule has 1 unspecified atom stereocenters. The van der Waals surface area contributed by atoms with E-state index >= 15 is 0 Å². The van der Waals surface area contributed by atoms with Gasteiger partial charge in [-0.05, 0) is 31.8 Å². The quantitative estimate of drug-likeness (QED) is 0.841. The Morgan fingerprint density at radius 3 is 2.29 bits per heavy atom. The number of nitrogens with zero attached hydrogens (tertiary/aromatic N) is 5. The summed E-state index contributed by atoms with van der Waals surface area (Å²) in [7, 11) is 3.94. The third-order valence-electron chi connectivity index (χ3n) is 4.98. The third-order valence-corrected chi connectivity index (χ3v) is 4.98. The van der Waals surface area contributed by atoms with Crippen LogP contribution in [0.1, 0.15) is 17.2 Å². The van der Waals surface area contributed by atoms with Gasteiger partial charge in [-0.3, -0.25) is 4.90 Å². The van der Waals surface area contributed by atoms with E-state index < -0.39 is 11.7 Å². The largest absolute Gasteiger partial charge is 0.416 e. The fraction of sp³-hybridized carbons (Fsp3) is 0.474. The minimum Gasteiger partial charge on any atom is -0.382 e. The van der Waals surface area contributed by atoms with Crippen molar-refractivity contribution in [3.8, 4) is 0 Å². The monoisotopic (exact) mass is 394 g/mol. The molecule has 1 aliphatic heterocycles. The summed E-state index contributed by atoms with van der Waals surface area (Å²) < 4.78 is 38.6. The van der Waals surface area contributed by atoms with E-state index in [4.69, 9.17) is 5.73 Å². The molecule has 0 bridgehead atoms. The number of halogens is 3. The highest BCUT2D eigenvalue weighted by molar-refractivity contribution is 5.61. The number of benzene rings is 1. The number of rotatable bonds is 5. The third kappa shape index (κ3) is 4.71. The van der Waals surface area contributed by atoms with Crippen molar-refractivity contribution in [1.82, 2.24) is 19.8 Å². The smallest absolute Gasteiger partial charge is 0.382 e. The van der Waals surface area contributed by atoms with Crippen molar-refractivity contribution < 1.29 is 13.2 Å². The average Bonchev–Trinajstić information content (AvgIpc) is 2.66. The van der Waals surface area contributed by atoms with Crippen LogP contribution in [0.25, 0.3) is 0 Å². The molecule has 9 heteroatoms. The second-order valence-electron chi connectivity index (χ2n) is 7.21. The van der Waals surface area contributed by atoms with E-state index in [0.29, 0.717) is 5.82 Å². The van der Waals surface area contributed by atoms with E-state index in [1.54, 1.807) is 18.3 Å². The minimum absolute atomic E-state index is 0.0174. The molecule has 1 fully saturated rings. The van der Waals surface area contributed by atoms with Crippen molar-refractivity contribution in [2.75, 3.05) is 57.5 Å². The molecule has 2 heterocycles. The highest BCUT2D eigenvalue weighted by Gasteiger charge is 2.31. The highest BCUT2D eigenvalue weighted by atomic mass is 19.4. The lowest BCUT2D eigenvalue weighted by atomic mass is 10.0. The first-order chi connectivity index (χ1) is 13.3. The fourth-order valence-electron chi connectivity index (χ4n) is 3.52. The molecule has 1 aromatic heterocycles. The van der Waals surface area contributed by atoms with Gasteiger partial charge < -0.3 is 15.5 Å². The molecule has 0 spiro atoms. The molecule has 6 nitrogen and oxygen atoms in total. The first-order valence-corrected chi connectivity index (χ1v) is 9.12. The normalized spacial score (nSPS) is 17.1. The molecule has 1 saturated heterocycles. The van der Waals surface area contributed by atoms with Crippen molar-refractivity contribution in [2.45, 2.75) is 12.2 Å². The van der Waals surface area contributed by atoms with Crippen molar-refractivity contribution in [1.29, 1.82) is 0 Å². The molecule has 2 N–H and O–H groups in total. The molecule has 0 amide bonds. The zero-order valence-electron chi connectivity index (χ0n) is 16.0. The van der Waals surface area contributed by atoms with Crippen LogP contribution in [0.2, 0.25) is 0 Å². The number of nitrogens with two attached hydrogens (primary N) is 1. The van der Waals surface area contributed by atoms with E-state index in [9.17, 15) is 13.2 Å². The second-order valence-corrected chi connectivity index (χ2v) is 7.21. The van der Waals surface area contributed by atoms with E-state index in [1.807, 2.05) is 14.1 Å². The van der Waals surface area contributed by atoms with Crippen molar-refractivity contribution >= 4 is 11.5 Å². The molecule has 0 radical (unpaired) electrons. The number of anilines is 2. The maximum Gasteiger partial charge on any atom is 0.416 e. The molecule has 1 atom stereocenters. The highest BCUT2D eigenvalue weighted by Crippen LogP contribution is 2.31. The minimum atomic E-state index is -4.32. The van der Waals surface area contributed by atoms with Gasteiger partial charge in [-0.1, -0.05) is 12.1 Å². The van der Waals surface area contributed by atoms with Gasteiger partial charge in [0.15, 0.2) is 0 Å². The maximum absolute atomic E-state index is 12.9. The summed E-state index contributed by atoms with van der Waals surface area (Å²) in [6, 6.07) is 5.52. The van der Waals surface area contributed by atoms with Crippen LogP contribution in [0.4, 0.5) is 24.7 Å². The second kappa shape index (κ2) is 8.32. The predicted octanol–water partition coefficient (Wildman–Crippen LogP) is 2.50. The Labute approximate surface area is 162 Å². The fourth-order valence-corrected chi connectivity index (χ4v) is 3.52. The van der Waals surface area contributed by atoms with E-state index in [1.165, 1.54) is 6.33 Å². The number of likely N-dealkylation sites (N-methyl/N-ethyl adjacent to an activating group) is 1. The zero-order chi connectivity index (χ0) is 20.3. The molecule has 0 aliphatic carbocycles. The summed E-state index contributed by atoms with van der Waals surface area (Å²) in [4.78, 5) is 14.6. The Balaban J connectivity index is 1.74. The summed E-state index contributed by atoms with van der Waals surface area (Å²) in [6.45, 7) is 3.77. The summed E-state index contributed by atoms with van der Waals surface area (Å²) in [5.74, 6) is 0.455. The van der Waals surface area contributed by atoms with Crippen molar-refractivity contribution in [3.63, 3.8) is 0 Å². The van der Waals surface area contributed by atoms with Crippen LogP contribution in [0.3, 0.4) is 0 Å². The lowest BCUT2D eigenvalue weighted by Gasteiger charge is -2.41. The molecular weight excluding hydrogens is 369 g/mol. The number of aromatic nitrogens is 2. The Morgan fingerprint density at radius 2 is 1.75 bits per heavy atom. The van der Waals surface area contributed by atoms with E-state index in [0.717, 1.165) is 56.1 Å². The van der Waals surface area contributed by atoms with Crippen LogP contribution in [0.5, 0.6) is 0 Å². The molecule has 1 aromatic carbocycles. The number of hydrogen-bond acceptors (Lipinski definition) is 6. The van der Waals surface area contributed by atoms with Gasteiger partial charge in [-0.25, -0.2) is 9.97 Å². The first-order valence-electron chi connectivity index (χ1n) is 9.12. The molecule has 1 aliphatic rings. The summed E-state index contributed by atoms with van der Waals surface area (Å²) >= 11 is 0. The van der Waals surface area contributed by atoms with Crippen molar-refractivity contribution in [3.05, 3.63) is 47.9 Å². The molecule has 28 heavy (non-hydrogen) atoms. The van der Waals surface area contributed by atoms with Crippen LogP contribution >= 0.6 is 0 Å². The molecule has 0 saturated carbocycles. The van der Waals surface area contributed by atoms with Crippen LogP contribution in [-0.4, -0.2) is 66.6 Å². The number of alkyl halides is 3. The molecular formula is C19H25F3N6. The summed E-state index contributed by atoms with van der Waals surface area (Å²) in [5, 5.41) is 0. The van der Waals surface area contributed by atoms with Gasteiger partial charge in [0.1, 0.15) is 12.1 Å². The van der Waals surface area contributed by atoms with Crippen molar-refractivity contribution in [2.24, 2.45) is 0 Å². The summed E-state index contributed by atoms with van der Waals surface area (Å²) in [5.41, 5.74) is 7.03. The van der Waals surface area contributed by atoms with Crippen LogP contribution < -0.4 is 10.6 Å².